The molecule has 1 aromatic heterocycles. The maximum absolute atomic E-state index is 12.6. The van der Waals surface area contributed by atoms with E-state index in [1.54, 1.807) is 0 Å². The Morgan fingerprint density at radius 1 is 0.774 bits per heavy atom. The monoisotopic (exact) mass is 413 g/mol. The number of carbonyl (C=O) groups excluding carboxylic acids is 2. The third-order valence-corrected chi connectivity index (χ3v) is 5.50. The van der Waals surface area contributed by atoms with Crippen molar-refractivity contribution in [3.63, 3.8) is 0 Å². The zero-order valence-corrected chi connectivity index (χ0v) is 17.9. The SMILES string of the molecule is CCn1c2ccccc2c2cc(NC(=O)CC(C)CC(=O)Nc3ccccc3)ccc21. The molecule has 0 fully saturated rings. The van der Waals surface area contributed by atoms with Gasteiger partial charge in [-0.3, -0.25) is 9.59 Å². The minimum atomic E-state index is -0.0846. The van der Waals surface area contributed by atoms with E-state index in [4.69, 9.17) is 0 Å². The molecule has 0 spiro atoms. The molecule has 0 aliphatic heterocycles. The summed E-state index contributed by atoms with van der Waals surface area (Å²) in [6.45, 7) is 4.94. The zero-order chi connectivity index (χ0) is 21.8. The molecule has 1 unspecified atom stereocenters. The molecule has 3 aromatic carbocycles. The molecule has 0 saturated heterocycles. The quantitative estimate of drug-likeness (QED) is 0.402. The van der Waals surface area contributed by atoms with E-state index in [0.29, 0.717) is 6.42 Å². The Hall–Kier alpha value is -3.60. The van der Waals surface area contributed by atoms with Gasteiger partial charge >= 0.3 is 0 Å². The highest BCUT2D eigenvalue weighted by molar-refractivity contribution is 6.09. The van der Waals surface area contributed by atoms with Crippen LogP contribution in [-0.2, 0) is 16.1 Å². The maximum atomic E-state index is 12.6. The summed E-state index contributed by atoms with van der Waals surface area (Å²) in [5.74, 6) is -0.228. The van der Waals surface area contributed by atoms with Crippen molar-refractivity contribution >= 4 is 45.0 Å². The fourth-order valence-electron chi connectivity index (χ4n) is 4.12. The summed E-state index contributed by atoms with van der Waals surface area (Å²) in [4.78, 5) is 24.8. The summed E-state index contributed by atoms with van der Waals surface area (Å²) in [5.41, 5.74) is 3.90. The number of carbonyl (C=O) groups is 2. The first kappa shape index (κ1) is 20.7. The molecular formula is C26H27N3O2. The van der Waals surface area contributed by atoms with Crippen LogP contribution in [0.2, 0.25) is 0 Å². The number of anilines is 2. The second-order valence-electron chi connectivity index (χ2n) is 7.97. The van der Waals surface area contributed by atoms with Crippen molar-refractivity contribution in [2.24, 2.45) is 5.92 Å². The largest absolute Gasteiger partial charge is 0.341 e. The van der Waals surface area contributed by atoms with Gasteiger partial charge in [0.2, 0.25) is 11.8 Å². The number of nitrogens with one attached hydrogen (secondary N) is 2. The molecule has 0 aliphatic rings. The van der Waals surface area contributed by atoms with Gasteiger partial charge in [-0.05, 0) is 49.2 Å². The van der Waals surface area contributed by atoms with Gasteiger partial charge in [-0.2, -0.15) is 0 Å². The minimum absolute atomic E-state index is 0.0607. The van der Waals surface area contributed by atoms with Crippen LogP contribution in [0.5, 0.6) is 0 Å². The van der Waals surface area contributed by atoms with E-state index < -0.39 is 0 Å². The number of aryl methyl sites for hydroxylation is 1. The van der Waals surface area contributed by atoms with Crippen LogP contribution < -0.4 is 10.6 Å². The normalized spacial score (nSPS) is 12.1. The van der Waals surface area contributed by atoms with Crippen LogP contribution in [-0.4, -0.2) is 16.4 Å². The number of para-hydroxylation sites is 2. The standard InChI is InChI=1S/C26H27N3O2/c1-3-29-23-12-8-7-11-21(23)22-17-20(13-14-24(22)29)28-26(31)16-18(2)15-25(30)27-19-9-5-4-6-10-19/h4-14,17-18H,3,15-16H2,1-2H3,(H,27,30)(H,28,31). The van der Waals surface area contributed by atoms with E-state index in [1.807, 2.05) is 61.5 Å². The van der Waals surface area contributed by atoms with Crippen molar-refractivity contribution in [3.05, 3.63) is 72.8 Å². The highest BCUT2D eigenvalue weighted by atomic mass is 16.2. The van der Waals surface area contributed by atoms with Gasteiger partial charge < -0.3 is 15.2 Å². The number of rotatable bonds is 7. The number of nitrogens with zero attached hydrogens (tertiary/aromatic N) is 1. The Bertz CT molecular complexity index is 1230. The fraction of sp³-hybridized carbons (Fsp3) is 0.231. The molecule has 2 N–H and O–H groups in total. The lowest BCUT2D eigenvalue weighted by Crippen LogP contribution is -2.20. The number of aromatic nitrogens is 1. The van der Waals surface area contributed by atoms with Crippen LogP contribution in [0, 0.1) is 5.92 Å². The molecule has 0 radical (unpaired) electrons. The molecule has 5 heteroatoms. The third kappa shape index (κ3) is 4.61. The first-order valence-corrected chi connectivity index (χ1v) is 10.7. The third-order valence-electron chi connectivity index (χ3n) is 5.50. The number of hydrogen-bond donors (Lipinski definition) is 2. The molecule has 1 heterocycles. The Kier molecular flexibility index (Phi) is 6.03. The van der Waals surface area contributed by atoms with E-state index >= 15 is 0 Å². The lowest BCUT2D eigenvalue weighted by Gasteiger charge is -2.12. The molecule has 158 valence electrons. The topological polar surface area (TPSA) is 63.1 Å². The average Bonchev–Trinajstić information content (AvgIpc) is 3.07. The average molecular weight is 414 g/mol. The number of hydrogen-bond acceptors (Lipinski definition) is 2. The van der Waals surface area contributed by atoms with Crippen molar-refractivity contribution in [2.45, 2.75) is 33.2 Å². The maximum Gasteiger partial charge on any atom is 0.224 e. The van der Waals surface area contributed by atoms with Gasteiger partial charge in [0.15, 0.2) is 0 Å². The summed E-state index contributed by atoms with van der Waals surface area (Å²) in [6, 6.07) is 23.7. The highest BCUT2D eigenvalue weighted by Gasteiger charge is 2.15. The van der Waals surface area contributed by atoms with Gasteiger partial charge in [0.05, 0.1) is 0 Å². The minimum Gasteiger partial charge on any atom is -0.341 e. The molecule has 0 bridgehead atoms. The van der Waals surface area contributed by atoms with E-state index in [9.17, 15) is 9.59 Å². The van der Waals surface area contributed by atoms with Gasteiger partial charge in [0, 0.05) is 52.6 Å². The lowest BCUT2D eigenvalue weighted by molar-refractivity contribution is -0.118. The van der Waals surface area contributed by atoms with Gasteiger partial charge in [-0.15, -0.1) is 0 Å². The van der Waals surface area contributed by atoms with Crippen molar-refractivity contribution < 1.29 is 9.59 Å². The van der Waals surface area contributed by atoms with E-state index in [0.717, 1.165) is 28.8 Å². The molecular weight excluding hydrogens is 386 g/mol. The van der Waals surface area contributed by atoms with E-state index in [2.05, 4.69) is 40.3 Å². The second-order valence-corrected chi connectivity index (χ2v) is 7.97. The number of fused-ring (bicyclic) bond motifs is 3. The van der Waals surface area contributed by atoms with Gasteiger partial charge in [-0.1, -0.05) is 43.3 Å². The fourth-order valence-corrected chi connectivity index (χ4v) is 4.12. The summed E-state index contributed by atoms with van der Waals surface area (Å²) in [6.07, 6.45) is 0.586. The summed E-state index contributed by atoms with van der Waals surface area (Å²) in [5, 5.41) is 8.18. The smallest absolute Gasteiger partial charge is 0.224 e. The van der Waals surface area contributed by atoms with Crippen LogP contribution >= 0.6 is 0 Å². The van der Waals surface area contributed by atoms with Crippen LogP contribution in [0.15, 0.2) is 72.8 Å². The Morgan fingerprint density at radius 3 is 2.10 bits per heavy atom. The van der Waals surface area contributed by atoms with E-state index in [-0.39, 0.29) is 24.2 Å². The molecule has 2 amide bonds. The van der Waals surface area contributed by atoms with Crippen molar-refractivity contribution in [2.75, 3.05) is 10.6 Å². The molecule has 0 aliphatic carbocycles. The zero-order valence-electron chi connectivity index (χ0n) is 17.9. The molecule has 5 nitrogen and oxygen atoms in total. The predicted molar refractivity (Wildman–Crippen MR) is 127 cm³/mol. The van der Waals surface area contributed by atoms with Crippen molar-refractivity contribution in [3.8, 4) is 0 Å². The first-order valence-electron chi connectivity index (χ1n) is 10.7. The molecule has 0 saturated carbocycles. The highest BCUT2D eigenvalue weighted by Crippen LogP contribution is 2.31. The summed E-state index contributed by atoms with van der Waals surface area (Å²) >= 11 is 0. The lowest BCUT2D eigenvalue weighted by atomic mass is 10.0. The molecule has 4 rings (SSSR count). The molecule has 4 aromatic rings. The predicted octanol–water partition coefficient (Wildman–Crippen LogP) is 5.81. The van der Waals surface area contributed by atoms with Gasteiger partial charge in [0.25, 0.3) is 0 Å². The van der Waals surface area contributed by atoms with Crippen LogP contribution in [0.25, 0.3) is 21.8 Å². The molecule has 31 heavy (non-hydrogen) atoms. The summed E-state index contributed by atoms with van der Waals surface area (Å²) in [7, 11) is 0. The molecule has 1 atom stereocenters. The van der Waals surface area contributed by atoms with Crippen molar-refractivity contribution in [1.82, 2.24) is 4.57 Å². The van der Waals surface area contributed by atoms with Crippen LogP contribution in [0.4, 0.5) is 11.4 Å². The first-order chi connectivity index (χ1) is 15.0. The van der Waals surface area contributed by atoms with Crippen molar-refractivity contribution in [1.29, 1.82) is 0 Å². The Morgan fingerprint density at radius 2 is 1.39 bits per heavy atom. The van der Waals surface area contributed by atoms with Crippen LogP contribution in [0.3, 0.4) is 0 Å². The number of amides is 2. The van der Waals surface area contributed by atoms with E-state index in [1.165, 1.54) is 10.9 Å². The van der Waals surface area contributed by atoms with Gasteiger partial charge in [0.1, 0.15) is 0 Å². The van der Waals surface area contributed by atoms with Gasteiger partial charge in [-0.25, -0.2) is 0 Å². The summed E-state index contributed by atoms with van der Waals surface area (Å²) < 4.78 is 2.28. The second kappa shape index (κ2) is 9.04. The van der Waals surface area contributed by atoms with Crippen LogP contribution in [0.1, 0.15) is 26.7 Å². The Balaban J connectivity index is 1.41. The Labute approximate surface area is 182 Å². The number of benzene rings is 3.